The van der Waals surface area contributed by atoms with E-state index in [9.17, 15) is 4.39 Å². The van der Waals surface area contributed by atoms with Crippen LogP contribution in [-0.2, 0) is 6.54 Å². The highest BCUT2D eigenvalue weighted by Gasteiger charge is 2.40. The fourth-order valence-electron chi connectivity index (χ4n) is 3.33. The maximum Gasteiger partial charge on any atom is 0.137 e. The second-order valence-electron chi connectivity index (χ2n) is 5.34. The Kier molecular flexibility index (Phi) is 3.65. The summed E-state index contributed by atoms with van der Waals surface area (Å²) in [7, 11) is 0. The van der Waals surface area contributed by atoms with Gasteiger partial charge in [0.2, 0.25) is 0 Å². The van der Waals surface area contributed by atoms with E-state index in [2.05, 4.69) is 20.8 Å². The van der Waals surface area contributed by atoms with Crippen LogP contribution in [-0.4, -0.2) is 22.4 Å². The van der Waals surface area contributed by atoms with Crippen molar-refractivity contribution in [3.05, 3.63) is 34.1 Å². The first-order valence-electron chi connectivity index (χ1n) is 6.48. The Bertz CT molecular complexity index is 439. The molecule has 2 bridgehead atoms. The quantitative estimate of drug-likeness (QED) is 0.729. The third-order valence-corrected chi connectivity index (χ3v) is 5.46. The number of piperidine rings is 1. The van der Waals surface area contributed by atoms with E-state index in [1.807, 2.05) is 6.07 Å². The van der Waals surface area contributed by atoms with Crippen LogP contribution in [0.3, 0.4) is 0 Å². The normalized spacial score (nSPS) is 31.8. The van der Waals surface area contributed by atoms with Crippen LogP contribution in [0.4, 0.5) is 4.39 Å². The summed E-state index contributed by atoms with van der Waals surface area (Å²) < 4.78 is 14.1. The Morgan fingerprint density at radius 3 is 2.61 bits per heavy atom. The van der Waals surface area contributed by atoms with Gasteiger partial charge in [-0.3, -0.25) is 4.90 Å². The number of hydrogen-bond acceptors (Lipinski definition) is 1. The lowest BCUT2D eigenvalue weighted by Crippen LogP contribution is -2.42. The van der Waals surface area contributed by atoms with Gasteiger partial charge in [0.05, 0.1) is 4.47 Å². The first-order chi connectivity index (χ1) is 8.65. The van der Waals surface area contributed by atoms with Crippen LogP contribution in [0, 0.1) is 5.82 Å². The highest BCUT2D eigenvalue weighted by molar-refractivity contribution is 9.10. The Hall–Kier alpha value is -0.120. The van der Waals surface area contributed by atoms with Crippen molar-refractivity contribution < 1.29 is 4.39 Å². The van der Waals surface area contributed by atoms with Crippen molar-refractivity contribution in [2.24, 2.45) is 0 Å². The lowest BCUT2D eigenvalue weighted by Gasteiger charge is -2.37. The van der Waals surface area contributed by atoms with E-state index < -0.39 is 0 Å². The van der Waals surface area contributed by atoms with E-state index >= 15 is 0 Å². The minimum absolute atomic E-state index is 0.174. The minimum Gasteiger partial charge on any atom is -0.293 e. The zero-order valence-corrected chi connectivity index (χ0v) is 12.4. The molecule has 1 aromatic carbocycles. The highest BCUT2D eigenvalue weighted by Crippen LogP contribution is 2.39. The van der Waals surface area contributed by atoms with Crippen LogP contribution in [0.1, 0.15) is 31.2 Å². The average Bonchev–Trinajstić information content (AvgIpc) is 2.58. The van der Waals surface area contributed by atoms with Crippen molar-refractivity contribution in [3.8, 4) is 0 Å². The second-order valence-corrected chi connectivity index (χ2v) is 6.75. The third kappa shape index (κ3) is 2.33. The van der Waals surface area contributed by atoms with Crippen LogP contribution < -0.4 is 0 Å². The number of alkyl halides is 1. The Morgan fingerprint density at radius 1 is 1.28 bits per heavy atom. The molecule has 2 fully saturated rings. The molecule has 4 heteroatoms. The van der Waals surface area contributed by atoms with Gasteiger partial charge in [-0.15, -0.1) is 11.6 Å². The van der Waals surface area contributed by atoms with Crippen LogP contribution in [0.2, 0.25) is 0 Å². The fraction of sp³-hybridized carbons (Fsp3) is 0.571. The molecule has 0 aliphatic carbocycles. The topological polar surface area (TPSA) is 3.24 Å². The molecule has 0 saturated carbocycles. The van der Waals surface area contributed by atoms with Crippen molar-refractivity contribution in [1.82, 2.24) is 4.90 Å². The standard InChI is InChI=1S/C14H16BrClFN/c15-14-9(2-1-3-13(14)17)8-18-11-4-5-12(18)7-10(16)6-11/h1-3,10-12H,4-8H2. The molecule has 0 amide bonds. The van der Waals surface area contributed by atoms with E-state index in [0.29, 0.717) is 21.9 Å². The number of fused-ring (bicyclic) bond motifs is 2. The van der Waals surface area contributed by atoms with E-state index in [0.717, 1.165) is 24.9 Å². The lowest BCUT2D eigenvalue weighted by molar-refractivity contribution is 0.134. The molecule has 0 aromatic heterocycles. The SMILES string of the molecule is Fc1cccc(CN2C3CCC2CC(Cl)C3)c1Br. The first-order valence-corrected chi connectivity index (χ1v) is 7.71. The maximum absolute atomic E-state index is 13.5. The summed E-state index contributed by atoms with van der Waals surface area (Å²) in [5.74, 6) is -0.174. The summed E-state index contributed by atoms with van der Waals surface area (Å²) in [4.78, 5) is 2.51. The molecule has 0 N–H and O–H groups in total. The zero-order chi connectivity index (χ0) is 12.7. The van der Waals surface area contributed by atoms with Gasteiger partial charge < -0.3 is 0 Å². The average molecular weight is 333 g/mol. The summed E-state index contributed by atoms with van der Waals surface area (Å²) in [6, 6.07) is 6.45. The maximum atomic E-state index is 13.5. The largest absolute Gasteiger partial charge is 0.293 e. The summed E-state index contributed by atoms with van der Waals surface area (Å²) in [5.41, 5.74) is 1.04. The van der Waals surface area contributed by atoms with Crippen molar-refractivity contribution >= 4 is 27.5 Å². The Labute approximate surface area is 120 Å². The molecule has 2 heterocycles. The van der Waals surface area contributed by atoms with Crippen molar-refractivity contribution in [1.29, 1.82) is 0 Å². The molecule has 2 aliphatic rings. The molecular weight excluding hydrogens is 317 g/mol. The van der Waals surface area contributed by atoms with Gasteiger partial charge in [-0.25, -0.2) is 4.39 Å². The first kappa shape index (κ1) is 12.9. The van der Waals surface area contributed by atoms with Crippen molar-refractivity contribution in [2.75, 3.05) is 0 Å². The van der Waals surface area contributed by atoms with Gasteiger partial charge in [0, 0.05) is 24.0 Å². The lowest BCUT2D eigenvalue weighted by atomic mass is 10.0. The van der Waals surface area contributed by atoms with Gasteiger partial charge in [-0.05, 0) is 53.2 Å². The van der Waals surface area contributed by atoms with Crippen LogP contribution >= 0.6 is 27.5 Å². The van der Waals surface area contributed by atoms with Crippen molar-refractivity contribution in [2.45, 2.75) is 49.7 Å². The summed E-state index contributed by atoms with van der Waals surface area (Å²) in [6.07, 6.45) is 4.62. The van der Waals surface area contributed by atoms with Crippen LogP contribution in [0.25, 0.3) is 0 Å². The predicted molar refractivity (Wildman–Crippen MR) is 75.3 cm³/mol. The molecule has 98 valence electrons. The van der Waals surface area contributed by atoms with Crippen LogP contribution in [0.15, 0.2) is 22.7 Å². The molecule has 2 atom stereocenters. The fourth-order valence-corrected chi connectivity index (χ4v) is 4.13. The van der Waals surface area contributed by atoms with Gasteiger partial charge in [0.25, 0.3) is 0 Å². The van der Waals surface area contributed by atoms with E-state index in [1.165, 1.54) is 18.9 Å². The smallest absolute Gasteiger partial charge is 0.137 e. The molecule has 1 nitrogen and oxygen atoms in total. The molecule has 0 spiro atoms. The molecule has 2 aliphatic heterocycles. The van der Waals surface area contributed by atoms with Crippen molar-refractivity contribution in [3.63, 3.8) is 0 Å². The van der Waals surface area contributed by atoms with Gasteiger partial charge in [0.15, 0.2) is 0 Å². The van der Waals surface area contributed by atoms with Gasteiger partial charge in [-0.2, -0.15) is 0 Å². The molecule has 18 heavy (non-hydrogen) atoms. The number of benzene rings is 1. The molecular formula is C14H16BrClFN. The Balaban J connectivity index is 1.79. The molecule has 2 saturated heterocycles. The second kappa shape index (κ2) is 5.10. The molecule has 1 aromatic rings. The predicted octanol–water partition coefficient (Wildman–Crippen LogP) is 4.32. The van der Waals surface area contributed by atoms with Gasteiger partial charge >= 0.3 is 0 Å². The zero-order valence-electron chi connectivity index (χ0n) is 10.1. The molecule has 0 radical (unpaired) electrons. The number of nitrogens with zero attached hydrogens (tertiary/aromatic N) is 1. The Morgan fingerprint density at radius 2 is 1.94 bits per heavy atom. The molecule has 3 rings (SSSR count). The van der Waals surface area contributed by atoms with E-state index in [1.54, 1.807) is 6.07 Å². The van der Waals surface area contributed by atoms with E-state index in [4.69, 9.17) is 11.6 Å². The monoisotopic (exact) mass is 331 g/mol. The number of halogens is 3. The summed E-state index contributed by atoms with van der Waals surface area (Å²) in [5, 5.41) is 0.328. The van der Waals surface area contributed by atoms with Gasteiger partial charge in [0.1, 0.15) is 5.82 Å². The number of hydrogen-bond donors (Lipinski definition) is 0. The molecule has 2 unspecified atom stereocenters. The van der Waals surface area contributed by atoms with Crippen LogP contribution in [0.5, 0.6) is 0 Å². The summed E-state index contributed by atoms with van der Waals surface area (Å²) in [6.45, 7) is 0.831. The number of rotatable bonds is 2. The minimum atomic E-state index is -0.174. The summed E-state index contributed by atoms with van der Waals surface area (Å²) >= 11 is 9.63. The van der Waals surface area contributed by atoms with Gasteiger partial charge in [-0.1, -0.05) is 12.1 Å². The van der Waals surface area contributed by atoms with E-state index in [-0.39, 0.29) is 5.82 Å². The highest BCUT2D eigenvalue weighted by atomic mass is 79.9. The third-order valence-electron chi connectivity index (χ3n) is 4.21.